The van der Waals surface area contributed by atoms with Gasteiger partial charge in [-0.3, -0.25) is 0 Å². The summed E-state index contributed by atoms with van der Waals surface area (Å²) in [5.41, 5.74) is 0. The van der Waals surface area contributed by atoms with Gasteiger partial charge >= 0.3 is 0 Å². The topological polar surface area (TPSA) is 70.4 Å². The van der Waals surface area contributed by atoms with E-state index in [1.807, 2.05) is 30.3 Å². The third-order valence-electron chi connectivity index (χ3n) is 4.77. The van der Waals surface area contributed by atoms with E-state index in [2.05, 4.69) is 52.8 Å². The zero-order valence-corrected chi connectivity index (χ0v) is 18.9. The van der Waals surface area contributed by atoms with Crippen LogP contribution in [0.1, 0.15) is 51.7 Å². The lowest BCUT2D eigenvalue weighted by atomic mass is 10.2. The first-order valence-electron chi connectivity index (χ1n) is 10.1. The van der Waals surface area contributed by atoms with Crippen LogP contribution in [0.25, 0.3) is 0 Å². The summed E-state index contributed by atoms with van der Waals surface area (Å²) in [6, 6.07) is 0.383. The predicted octanol–water partition coefficient (Wildman–Crippen LogP) is 2.42. The molecule has 0 bridgehead atoms. The normalized spacial score (nSPS) is 13.2. The van der Waals surface area contributed by atoms with Crippen LogP contribution in [0, 0.1) is 6.92 Å². The molecule has 0 aromatic carbocycles. The second-order valence-electron chi connectivity index (χ2n) is 6.87. The monoisotopic (exact) mass is 397 g/mol. The molecule has 0 saturated heterocycles. The average Bonchev–Trinajstić information content (AvgIpc) is 2.98. The summed E-state index contributed by atoms with van der Waals surface area (Å²) >= 11 is 1.87. The number of hydrogen-bond donors (Lipinski definition) is 2. The highest BCUT2D eigenvalue weighted by Gasteiger charge is 2.09. The standard InChI is InChI=1S/C19H39N7S/c1-7-26(8-2)13-9-11-16(3)22-19(20-12-10-14-27-6)21-15-18-24-23-17(4)25(18)5/h16H,7-15H2,1-6H3,(H2,20,21,22). The third kappa shape index (κ3) is 9.46. The van der Waals surface area contributed by atoms with Crippen LogP contribution in [0.3, 0.4) is 0 Å². The van der Waals surface area contributed by atoms with Crippen LogP contribution in [0.15, 0.2) is 4.99 Å². The Hall–Kier alpha value is -1.28. The Kier molecular flexibility index (Phi) is 12.2. The van der Waals surface area contributed by atoms with Crippen molar-refractivity contribution < 1.29 is 0 Å². The van der Waals surface area contributed by atoms with Crippen LogP contribution in [0.4, 0.5) is 0 Å². The summed E-state index contributed by atoms with van der Waals surface area (Å²) in [7, 11) is 1.98. The van der Waals surface area contributed by atoms with E-state index in [1.54, 1.807) is 0 Å². The van der Waals surface area contributed by atoms with E-state index in [1.165, 1.54) is 6.42 Å². The molecule has 0 radical (unpaired) electrons. The van der Waals surface area contributed by atoms with Crippen molar-refractivity contribution >= 4 is 17.7 Å². The van der Waals surface area contributed by atoms with Gasteiger partial charge in [-0.15, -0.1) is 10.2 Å². The van der Waals surface area contributed by atoms with E-state index in [4.69, 9.17) is 4.99 Å². The van der Waals surface area contributed by atoms with E-state index in [-0.39, 0.29) is 0 Å². The average molecular weight is 398 g/mol. The number of rotatable bonds is 13. The smallest absolute Gasteiger partial charge is 0.191 e. The zero-order chi connectivity index (χ0) is 20.1. The number of thioether (sulfide) groups is 1. The van der Waals surface area contributed by atoms with Crippen LogP contribution in [-0.2, 0) is 13.6 Å². The molecule has 0 aliphatic rings. The minimum atomic E-state index is 0.383. The van der Waals surface area contributed by atoms with Gasteiger partial charge in [0, 0.05) is 19.6 Å². The molecule has 1 atom stereocenters. The first-order valence-corrected chi connectivity index (χ1v) is 11.5. The van der Waals surface area contributed by atoms with Crippen molar-refractivity contribution in [3.63, 3.8) is 0 Å². The van der Waals surface area contributed by atoms with Crippen molar-refractivity contribution in [2.45, 2.75) is 59.5 Å². The van der Waals surface area contributed by atoms with Crippen LogP contribution in [0.2, 0.25) is 0 Å². The maximum atomic E-state index is 4.74. The second-order valence-corrected chi connectivity index (χ2v) is 7.86. The summed E-state index contributed by atoms with van der Waals surface area (Å²) in [6.07, 6.45) is 5.59. The minimum Gasteiger partial charge on any atom is -0.356 e. The molecule has 0 spiro atoms. The van der Waals surface area contributed by atoms with Crippen molar-refractivity contribution in [2.75, 3.05) is 38.2 Å². The Bertz CT molecular complexity index is 540. The number of nitrogens with zero attached hydrogens (tertiary/aromatic N) is 5. The maximum absolute atomic E-state index is 4.74. The van der Waals surface area contributed by atoms with Crippen molar-refractivity contribution in [1.29, 1.82) is 0 Å². The lowest BCUT2D eigenvalue weighted by molar-refractivity contribution is 0.292. The maximum Gasteiger partial charge on any atom is 0.191 e. The van der Waals surface area contributed by atoms with Crippen LogP contribution < -0.4 is 10.6 Å². The quantitative estimate of drug-likeness (QED) is 0.303. The third-order valence-corrected chi connectivity index (χ3v) is 5.46. The van der Waals surface area contributed by atoms with Crippen molar-refractivity contribution in [2.24, 2.45) is 12.0 Å². The Balaban J connectivity index is 2.56. The molecule has 156 valence electrons. The van der Waals surface area contributed by atoms with E-state index in [0.717, 1.165) is 62.4 Å². The highest BCUT2D eigenvalue weighted by atomic mass is 32.2. The summed E-state index contributed by atoms with van der Waals surface area (Å²) in [5, 5.41) is 15.3. The zero-order valence-electron chi connectivity index (χ0n) is 18.1. The molecule has 8 heteroatoms. The van der Waals surface area contributed by atoms with Crippen LogP contribution in [0.5, 0.6) is 0 Å². The number of guanidine groups is 1. The molecule has 1 unspecified atom stereocenters. The Morgan fingerprint density at radius 3 is 2.59 bits per heavy atom. The molecule has 2 N–H and O–H groups in total. The molecule has 0 aliphatic heterocycles. The lowest BCUT2D eigenvalue weighted by Gasteiger charge is -2.21. The van der Waals surface area contributed by atoms with E-state index < -0.39 is 0 Å². The second kappa shape index (κ2) is 13.8. The molecular formula is C19H39N7S. The summed E-state index contributed by atoms with van der Waals surface area (Å²) < 4.78 is 1.99. The molecule has 27 heavy (non-hydrogen) atoms. The van der Waals surface area contributed by atoms with E-state index >= 15 is 0 Å². The number of nitrogens with one attached hydrogen (secondary N) is 2. The first kappa shape index (κ1) is 23.8. The molecule has 1 aromatic rings. The Morgan fingerprint density at radius 2 is 2.00 bits per heavy atom. The van der Waals surface area contributed by atoms with Gasteiger partial charge in [-0.05, 0) is 64.8 Å². The van der Waals surface area contributed by atoms with Gasteiger partial charge in [0.15, 0.2) is 11.8 Å². The van der Waals surface area contributed by atoms with Gasteiger partial charge in [-0.2, -0.15) is 11.8 Å². The summed E-state index contributed by atoms with van der Waals surface area (Å²) in [4.78, 5) is 7.21. The van der Waals surface area contributed by atoms with Gasteiger partial charge in [-0.25, -0.2) is 4.99 Å². The first-order chi connectivity index (χ1) is 13.0. The summed E-state index contributed by atoms with van der Waals surface area (Å²) in [5.74, 6) is 3.81. The molecule has 7 nitrogen and oxygen atoms in total. The molecule has 1 heterocycles. The van der Waals surface area contributed by atoms with Gasteiger partial charge in [0.05, 0.1) is 0 Å². The number of aryl methyl sites for hydroxylation is 1. The fourth-order valence-electron chi connectivity index (χ4n) is 2.78. The Labute approximate surface area is 169 Å². The molecule has 1 rings (SSSR count). The number of aliphatic imine (C=N–C) groups is 1. The van der Waals surface area contributed by atoms with Crippen LogP contribution in [-0.4, -0.2) is 69.9 Å². The van der Waals surface area contributed by atoms with Crippen molar-refractivity contribution in [3.8, 4) is 0 Å². The van der Waals surface area contributed by atoms with Gasteiger partial charge in [0.25, 0.3) is 0 Å². The molecule has 0 saturated carbocycles. The van der Waals surface area contributed by atoms with Gasteiger partial charge in [-0.1, -0.05) is 13.8 Å². The van der Waals surface area contributed by atoms with Gasteiger partial charge in [0.1, 0.15) is 12.4 Å². The van der Waals surface area contributed by atoms with E-state index in [9.17, 15) is 0 Å². The van der Waals surface area contributed by atoms with E-state index in [0.29, 0.717) is 12.6 Å². The minimum absolute atomic E-state index is 0.383. The fourth-order valence-corrected chi connectivity index (χ4v) is 3.21. The van der Waals surface area contributed by atoms with Crippen molar-refractivity contribution in [1.82, 2.24) is 30.3 Å². The number of hydrogen-bond acceptors (Lipinski definition) is 5. The van der Waals surface area contributed by atoms with Gasteiger partial charge < -0.3 is 20.1 Å². The van der Waals surface area contributed by atoms with Crippen molar-refractivity contribution in [3.05, 3.63) is 11.6 Å². The fraction of sp³-hybridized carbons (Fsp3) is 0.842. The highest BCUT2D eigenvalue weighted by molar-refractivity contribution is 7.98. The molecule has 1 aromatic heterocycles. The highest BCUT2D eigenvalue weighted by Crippen LogP contribution is 2.02. The SMILES string of the molecule is CCN(CC)CCCC(C)NC(=NCc1nnc(C)n1C)NCCCSC. The molecular weight excluding hydrogens is 358 g/mol. The lowest BCUT2D eigenvalue weighted by Crippen LogP contribution is -2.43. The Morgan fingerprint density at radius 1 is 1.26 bits per heavy atom. The number of aromatic nitrogens is 3. The molecule has 0 fully saturated rings. The predicted molar refractivity (Wildman–Crippen MR) is 118 cm³/mol. The molecule has 0 amide bonds. The summed E-state index contributed by atoms with van der Waals surface area (Å²) in [6.45, 7) is 13.5. The molecule has 0 aliphatic carbocycles. The van der Waals surface area contributed by atoms with Crippen LogP contribution >= 0.6 is 11.8 Å². The largest absolute Gasteiger partial charge is 0.356 e. The van der Waals surface area contributed by atoms with Gasteiger partial charge in [0.2, 0.25) is 0 Å².